The molecule has 2 rings (SSSR count). The average Bonchev–Trinajstić information content (AvgIpc) is 2.75. The largest absolute Gasteiger partial charge is 0.308 e. The number of nitrogens with zero attached hydrogens (tertiary/aromatic N) is 2. The normalized spacial score (nSPS) is 12.9. The van der Waals surface area contributed by atoms with Crippen LogP contribution in [-0.4, -0.2) is 16.8 Å². The SMILES string of the molecule is CNC(c1ccc(Cl)cc1F)c1c(Br)cnn1C(C)C. The van der Waals surface area contributed by atoms with Crippen LogP contribution in [0.5, 0.6) is 0 Å². The molecular formula is C14H16BrClFN3. The molecule has 0 aliphatic heterocycles. The quantitative estimate of drug-likeness (QED) is 0.879. The van der Waals surface area contributed by atoms with Crippen LogP contribution in [0.1, 0.15) is 37.2 Å². The van der Waals surface area contributed by atoms with Crippen molar-refractivity contribution in [3.05, 3.63) is 51.0 Å². The third kappa shape index (κ3) is 2.90. The topological polar surface area (TPSA) is 29.9 Å². The number of benzene rings is 1. The Morgan fingerprint density at radius 2 is 2.10 bits per heavy atom. The molecule has 0 aliphatic carbocycles. The van der Waals surface area contributed by atoms with E-state index in [4.69, 9.17) is 11.6 Å². The van der Waals surface area contributed by atoms with Gasteiger partial charge in [-0.3, -0.25) is 4.68 Å². The maximum absolute atomic E-state index is 14.2. The Balaban J connectivity index is 2.55. The highest BCUT2D eigenvalue weighted by Crippen LogP contribution is 2.32. The van der Waals surface area contributed by atoms with Crippen LogP contribution in [0.15, 0.2) is 28.9 Å². The first-order valence-electron chi connectivity index (χ1n) is 6.30. The summed E-state index contributed by atoms with van der Waals surface area (Å²) >= 11 is 9.31. The van der Waals surface area contributed by atoms with Crippen LogP contribution in [0.3, 0.4) is 0 Å². The number of nitrogens with one attached hydrogen (secondary N) is 1. The van der Waals surface area contributed by atoms with Crippen molar-refractivity contribution < 1.29 is 4.39 Å². The van der Waals surface area contributed by atoms with E-state index in [0.29, 0.717) is 10.6 Å². The Morgan fingerprint density at radius 1 is 1.40 bits per heavy atom. The summed E-state index contributed by atoms with van der Waals surface area (Å²) in [5, 5.41) is 7.87. The van der Waals surface area contributed by atoms with Crippen LogP contribution in [-0.2, 0) is 0 Å². The first kappa shape index (κ1) is 15.5. The zero-order valence-corrected chi connectivity index (χ0v) is 13.8. The molecule has 0 fully saturated rings. The van der Waals surface area contributed by atoms with Gasteiger partial charge in [-0.1, -0.05) is 17.7 Å². The number of halogens is 3. The third-order valence-corrected chi connectivity index (χ3v) is 3.96. The molecular weight excluding hydrogens is 345 g/mol. The highest BCUT2D eigenvalue weighted by Gasteiger charge is 2.24. The second-order valence-electron chi connectivity index (χ2n) is 4.80. The van der Waals surface area contributed by atoms with Crippen molar-refractivity contribution in [3.8, 4) is 0 Å². The zero-order valence-electron chi connectivity index (χ0n) is 11.5. The Hall–Kier alpha value is -0.910. The molecule has 1 aromatic carbocycles. The molecule has 1 aromatic heterocycles. The first-order valence-corrected chi connectivity index (χ1v) is 7.48. The fourth-order valence-corrected chi connectivity index (χ4v) is 2.87. The molecule has 20 heavy (non-hydrogen) atoms. The van der Waals surface area contributed by atoms with E-state index in [1.165, 1.54) is 6.07 Å². The van der Waals surface area contributed by atoms with Crippen molar-refractivity contribution in [1.82, 2.24) is 15.1 Å². The maximum Gasteiger partial charge on any atom is 0.129 e. The minimum absolute atomic E-state index is 0.183. The lowest BCUT2D eigenvalue weighted by atomic mass is 10.0. The van der Waals surface area contributed by atoms with Crippen molar-refractivity contribution in [1.29, 1.82) is 0 Å². The standard InChI is InChI=1S/C14H16BrClFN3/c1-8(2)20-14(11(15)7-19-20)13(18-3)10-5-4-9(16)6-12(10)17/h4-8,13,18H,1-3H3. The molecule has 0 saturated heterocycles. The predicted octanol–water partition coefficient (Wildman–Crippen LogP) is 4.33. The second kappa shape index (κ2) is 6.24. The van der Waals surface area contributed by atoms with Gasteiger partial charge in [-0.2, -0.15) is 5.10 Å². The molecule has 1 heterocycles. The van der Waals surface area contributed by atoms with E-state index in [2.05, 4.69) is 26.3 Å². The van der Waals surface area contributed by atoms with Crippen molar-refractivity contribution in [2.75, 3.05) is 7.05 Å². The van der Waals surface area contributed by atoms with Gasteiger partial charge in [0.1, 0.15) is 5.82 Å². The molecule has 6 heteroatoms. The van der Waals surface area contributed by atoms with Crippen LogP contribution in [0.25, 0.3) is 0 Å². The Labute approximate surface area is 131 Å². The molecule has 0 saturated carbocycles. The fraction of sp³-hybridized carbons (Fsp3) is 0.357. The smallest absolute Gasteiger partial charge is 0.129 e. The summed E-state index contributed by atoms with van der Waals surface area (Å²) < 4.78 is 16.9. The van der Waals surface area contributed by atoms with E-state index in [0.717, 1.165) is 10.2 Å². The van der Waals surface area contributed by atoms with E-state index in [1.807, 2.05) is 18.5 Å². The summed E-state index contributed by atoms with van der Waals surface area (Å²) in [5.74, 6) is -0.333. The summed E-state index contributed by atoms with van der Waals surface area (Å²) in [7, 11) is 1.79. The molecule has 2 aromatic rings. The predicted molar refractivity (Wildman–Crippen MR) is 82.6 cm³/mol. The van der Waals surface area contributed by atoms with Crippen LogP contribution in [0.4, 0.5) is 4.39 Å². The highest BCUT2D eigenvalue weighted by atomic mass is 79.9. The fourth-order valence-electron chi connectivity index (χ4n) is 2.21. The number of hydrogen-bond donors (Lipinski definition) is 1. The monoisotopic (exact) mass is 359 g/mol. The van der Waals surface area contributed by atoms with Crippen molar-refractivity contribution in [3.63, 3.8) is 0 Å². The molecule has 1 unspecified atom stereocenters. The molecule has 0 radical (unpaired) electrons. The lowest BCUT2D eigenvalue weighted by molar-refractivity contribution is 0.475. The van der Waals surface area contributed by atoms with Gasteiger partial charge in [-0.25, -0.2) is 4.39 Å². The van der Waals surface area contributed by atoms with Gasteiger partial charge in [-0.05, 0) is 49.0 Å². The van der Waals surface area contributed by atoms with E-state index < -0.39 is 0 Å². The van der Waals surface area contributed by atoms with Gasteiger partial charge in [0.15, 0.2) is 0 Å². The Morgan fingerprint density at radius 3 is 2.65 bits per heavy atom. The Kier molecular flexibility index (Phi) is 4.83. The minimum atomic E-state index is -0.333. The van der Waals surface area contributed by atoms with Gasteiger partial charge in [0.25, 0.3) is 0 Å². The van der Waals surface area contributed by atoms with Gasteiger partial charge in [0.05, 0.1) is 22.4 Å². The molecule has 1 N–H and O–H groups in total. The first-order chi connectivity index (χ1) is 9.45. The highest BCUT2D eigenvalue weighted by molar-refractivity contribution is 9.10. The molecule has 108 valence electrons. The van der Waals surface area contributed by atoms with Gasteiger partial charge < -0.3 is 5.32 Å². The summed E-state index contributed by atoms with van der Waals surface area (Å²) in [4.78, 5) is 0. The summed E-state index contributed by atoms with van der Waals surface area (Å²) in [6, 6.07) is 4.59. The van der Waals surface area contributed by atoms with Crippen LogP contribution >= 0.6 is 27.5 Å². The van der Waals surface area contributed by atoms with E-state index in [9.17, 15) is 4.39 Å². The van der Waals surface area contributed by atoms with Crippen LogP contribution in [0, 0.1) is 5.82 Å². The van der Waals surface area contributed by atoms with Crippen LogP contribution < -0.4 is 5.32 Å². The van der Waals surface area contributed by atoms with Gasteiger partial charge in [-0.15, -0.1) is 0 Å². The van der Waals surface area contributed by atoms with Crippen LogP contribution in [0.2, 0.25) is 5.02 Å². The molecule has 0 amide bonds. The summed E-state index contributed by atoms with van der Waals surface area (Å²) in [6.07, 6.45) is 1.73. The maximum atomic E-state index is 14.2. The lowest BCUT2D eigenvalue weighted by Gasteiger charge is -2.21. The van der Waals surface area contributed by atoms with Crippen molar-refractivity contribution >= 4 is 27.5 Å². The lowest BCUT2D eigenvalue weighted by Crippen LogP contribution is -2.23. The number of aromatic nitrogens is 2. The van der Waals surface area contributed by atoms with Gasteiger partial charge in [0, 0.05) is 16.6 Å². The molecule has 0 aliphatic rings. The molecule has 0 bridgehead atoms. The minimum Gasteiger partial charge on any atom is -0.308 e. The van der Waals surface area contributed by atoms with E-state index in [-0.39, 0.29) is 17.9 Å². The molecule has 3 nitrogen and oxygen atoms in total. The van der Waals surface area contributed by atoms with Gasteiger partial charge in [0.2, 0.25) is 0 Å². The third-order valence-electron chi connectivity index (χ3n) is 3.11. The number of rotatable bonds is 4. The summed E-state index contributed by atoms with van der Waals surface area (Å²) in [6.45, 7) is 4.07. The number of hydrogen-bond acceptors (Lipinski definition) is 2. The van der Waals surface area contributed by atoms with E-state index in [1.54, 1.807) is 25.4 Å². The van der Waals surface area contributed by atoms with Crippen molar-refractivity contribution in [2.24, 2.45) is 0 Å². The van der Waals surface area contributed by atoms with E-state index >= 15 is 0 Å². The summed E-state index contributed by atoms with van der Waals surface area (Å²) in [5.41, 5.74) is 1.43. The molecule has 0 spiro atoms. The zero-order chi connectivity index (χ0) is 14.9. The Bertz CT molecular complexity index is 612. The molecule has 1 atom stereocenters. The van der Waals surface area contributed by atoms with Gasteiger partial charge >= 0.3 is 0 Å². The van der Waals surface area contributed by atoms with Crippen molar-refractivity contribution in [2.45, 2.75) is 25.9 Å². The second-order valence-corrected chi connectivity index (χ2v) is 6.09. The average molecular weight is 361 g/mol.